The predicted octanol–water partition coefficient (Wildman–Crippen LogP) is 0.711. The summed E-state index contributed by atoms with van der Waals surface area (Å²) in [4.78, 5) is 9.94. The van der Waals surface area contributed by atoms with Crippen LogP contribution < -0.4 is 0 Å². The van der Waals surface area contributed by atoms with Crippen LogP contribution in [-0.4, -0.2) is 16.5 Å². The summed E-state index contributed by atoms with van der Waals surface area (Å²) in [7, 11) is 0. The smallest absolute Gasteiger partial charge is 0.151 e. The molecule has 1 heterocycles. The van der Waals surface area contributed by atoms with Crippen LogP contribution in [0, 0.1) is 0 Å². The maximum absolute atomic E-state index is 9.94. The average molecular weight is 145 g/mol. The van der Waals surface area contributed by atoms with Gasteiger partial charge in [0.25, 0.3) is 0 Å². The molecule has 0 saturated heterocycles. The number of nitrogens with zero attached hydrogens (tertiary/aromatic N) is 2. The number of hydrogen-bond donors (Lipinski definition) is 0. The molecule has 0 N–H and O–H groups in total. The summed E-state index contributed by atoms with van der Waals surface area (Å²) in [5, 5.41) is 6.96. The first-order chi connectivity index (χ1) is 3.93. The van der Waals surface area contributed by atoms with Crippen LogP contribution in [-0.2, 0) is 0 Å². The average Bonchev–Trinajstić information content (AvgIpc) is 1.90. The van der Waals surface area contributed by atoms with Crippen LogP contribution in [0.15, 0.2) is 18.5 Å². The van der Waals surface area contributed by atoms with Crippen LogP contribution in [0.25, 0.3) is 0 Å². The molecular weight excluding hydrogens is 140 g/mol. The van der Waals surface area contributed by atoms with Crippen LogP contribution in [0.4, 0.5) is 0 Å². The minimum atomic E-state index is 0. The zero-order valence-electron chi connectivity index (χ0n) is 4.52. The Morgan fingerprint density at radius 1 is 1.44 bits per heavy atom. The maximum Gasteiger partial charge on any atom is 0.151 e. The van der Waals surface area contributed by atoms with Gasteiger partial charge in [-0.1, -0.05) is 0 Å². The molecule has 0 radical (unpaired) electrons. The first kappa shape index (κ1) is 8.04. The van der Waals surface area contributed by atoms with E-state index in [1.165, 1.54) is 12.4 Å². The molecule has 0 saturated carbocycles. The van der Waals surface area contributed by atoms with E-state index in [1.807, 2.05) is 0 Å². The number of carbonyl (C=O) groups is 1. The standard InChI is InChI=1S/C5H4N2O.ClH/c8-4-5-1-2-6-7-3-5;/h1-4H;1H. The molecule has 1 aromatic heterocycles. The Labute approximate surface area is 58.5 Å². The number of aromatic nitrogens is 2. The highest BCUT2D eigenvalue weighted by Crippen LogP contribution is 1.84. The van der Waals surface area contributed by atoms with Crippen LogP contribution in [0.1, 0.15) is 10.4 Å². The number of carbonyl (C=O) groups excluding carboxylic acids is 1. The lowest BCUT2D eigenvalue weighted by Crippen LogP contribution is -1.82. The van der Waals surface area contributed by atoms with Gasteiger partial charge in [0.2, 0.25) is 0 Å². The van der Waals surface area contributed by atoms with E-state index in [2.05, 4.69) is 10.2 Å². The van der Waals surface area contributed by atoms with E-state index >= 15 is 0 Å². The van der Waals surface area contributed by atoms with Crippen LogP contribution >= 0.6 is 12.4 Å². The number of aldehydes is 1. The lowest BCUT2D eigenvalue weighted by Gasteiger charge is -1.80. The highest BCUT2D eigenvalue weighted by atomic mass is 35.5. The highest BCUT2D eigenvalue weighted by molar-refractivity contribution is 5.85. The Kier molecular flexibility index (Phi) is 3.55. The van der Waals surface area contributed by atoms with Crippen molar-refractivity contribution in [2.75, 3.05) is 0 Å². The van der Waals surface area contributed by atoms with Crippen molar-refractivity contribution in [1.29, 1.82) is 0 Å². The van der Waals surface area contributed by atoms with Crippen LogP contribution in [0.3, 0.4) is 0 Å². The molecule has 4 heteroatoms. The first-order valence-corrected chi connectivity index (χ1v) is 2.15. The maximum atomic E-state index is 9.94. The van der Waals surface area contributed by atoms with Crippen molar-refractivity contribution in [3.63, 3.8) is 0 Å². The van der Waals surface area contributed by atoms with Crippen molar-refractivity contribution < 1.29 is 4.79 Å². The Hall–Kier alpha value is -0.960. The van der Waals surface area contributed by atoms with Gasteiger partial charge in [-0.3, -0.25) is 4.79 Å². The monoisotopic (exact) mass is 144 g/mol. The van der Waals surface area contributed by atoms with Gasteiger partial charge in [0.15, 0.2) is 6.29 Å². The fourth-order valence-electron chi connectivity index (χ4n) is 0.371. The molecule has 1 rings (SSSR count). The van der Waals surface area contributed by atoms with Crippen molar-refractivity contribution >= 4 is 18.7 Å². The lowest BCUT2D eigenvalue weighted by molar-refractivity contribution is 0.112. The summed E-state index contributed by atoms with van der Waals surface area (Å²) < 4.78 is 0. The van der Waals surface area contributed by atoms with Gasteiger partial charge < -0.3 is 0 Å². The molecule has 1 aromatic rings. The SMILES string of the molecule is Cl.O=Cc1ccnnc1. The van der Waals surface area contributed by atoms with Gasteiger partial charge in [-0.2, -0.15) is 10.2 Å². The summed E-state index contributed by atoms with van der Waals surface area (Å²) in [6.07, 6.45) is 3.62. The van der Waals surface area contributed by atoms with Gasteiger partial charge in [-0.15, -0.1) is 12.4 Å². The normalized spacial score (nSPS) is 7.56. The van der Waals surface area contributed by atoms with Crippen molar-refractivity contribution in [3.05, 3.63) is 24.0 Å². The fraction of sp³-hybridized carbons (Fsp3) is 0. The van der Waals surface area contributed by atoms with Gasteiger partial charge in [0, 0.05) is 5.56 Å². The molecule has 0 aliphatic heterocycles. The number of rotatable bonds is 1. The van der Waals surface area contributed by atoms with Crippen LogP contribution in [0.2, 0.25) is 0 Å². The molecule has 0 aliphatic carbocycles. The van der Waals surface area contributed by atoms with Gasteiger partial charge >= 0.3 is 0 Å². The first-order valence-electron chi connectivity index (χ1n) is 2.15. The molecule has 0 unspecified atom stereocenters. The van der Waals surface area contributed by atoms with Crippen molar-refractivity contribution in [2.24, 2.45) is 0 Å². The fourth-order valence-corrected chi connectivity index (χ4v) is 0.371. The topological polar surface area (TPSA) is 42.9 Å². The number of hydrogen-bond acceptors (Lipinski definition) is 3. The molecule has 0 atom stereocenters. The third-order valence-corrected chi connectivity index (χ3v) is 0.743. The molecule has 3 nitrogen and oxygen atoms in total. The van der Waals surface area contributed by atoms with E-state index in [9.17, 15) is 4.79 Å². The van der Waals surface area contributed by atoms with E-state index < -0.39 is 0 Å². The van der Waals surface area contributed by atoms with Crippen molar-refractivity contribution in [2.45, 2.75) is 0 Å². The zero-order valence-corrected chi connectivity index (χ0v) is 5.34. The summed E-state index contributed by atoms with van der Waals surface area (Å²) in [5.41, 5.74) is 0.556. The van der Waals surface area contributed by atoms with Gasteiger partial charge in [-0.05, 0) is 6.07 Å². The van der Waals surface area contributed by atoms with E-state index in [0.717, 1.165) is 6.29 Å². The summed E-state index contributed by atoms with van der Waals surface area (Å²) in [6, 6.07) is 1.60. The summed E-state index contributed by atoms with van der Waals surface area (Å²) in [6.45, 7) is 0. The Balaban J connectivity index is 0.000000640. The minimum Gasteiger partial charge on any atom is -0.298 e. The highest BCUT2D eigenvalue weighted by Gasteiger charge is 1.82. The lowest BCUT2D eigenvalue weighted by atomic mass is 10.4. The Morgan fingerprint density at radius 3 is 2.56 bits per heavy atom. The quantitative estimate of drug-likeness (QED) is 0.546. The molecule has 9 heavy (non-hydrogen) atoms. The molecule has 0 aliphatic rings. The Morgan fingerprint density at radius 2 is 2.22 bits per heavy atom. The molecule has 48 valence electrons. The minimum absolute atomic E-state index is 0. The summed E-state index contributed by atoms with van der Waals surface area (Å²) >= 11 is 0. The largest absolute Gasteiger partial charge is 0.298 e. The molecular formula is C5H5ClN2O. The third-order valence-electron chi connectivity index (χ3n) is 0.743. The molecule has 0 amide bonds. The second-order valence-electron chi connectivity index (χ2n) is 1.29. The van der Waals surface area contributed by atoms with Gasteiger partial charge in [-0.25, -0.2) is 0 Å². The zero-order chi connectivity index (χ0) is 5.82. The summed E-state index contributed by atoms with van der Waals surface area (Å²) in [5.74, 6) is 0. The van der Waals surface area contributed by atoms with Gasteiger partial charge in [0.05, 0.1) is 12.4 Å². The van der Waals surface area contributed by atoms with Crippen molar-refractivity contribution in [1.82, 2.24) is 10.2 Å². The second-order valence-corrected chi connectivity index (χ2v) is 1.29. The second kappa shape index (κ2) is 3.97. The molecule has 0 spiro atoms. The van der Waals surface area contributed by atoms with E-state index in [1.54, 1.807) is 6.07 Å². The number of halogens is 1. The Bertz CT molecular complexity index is 178. The van der Waals surface area contributed by atoms with E-state index in [-0.39, 0.29) is 12.4 Å². The van der Waals surface area contributed by atoms with Gasteiger partial charge in [0.1, 0.15) is 0 Å². The molecule has 0 fully saturated rings. The van der Waals surface area contributed by atoms with Crippen molar-refractivity contribution in [3.8, 4) is 0 Å². The molecule has 0 aromatic carbocycles. The third kappa shape index (κ3) is 2.19. The van der Waals surface area contributed by atoms with E-state index in [4.69, 9.17) is 0 Å². The molecule has 0 bridgehead atoms. The van der Waals surface area contributed by atoms with Crippen LogP contribution in [0.5, 0.6) is 0 Å². The van der Waals surface area contributed by atoms with E-state index in [0.29, 0.717) is 5.56 Å². The predicted molar refractivity (Wildman–Crippen MR) is 34.7 cm³/mol.